The lowest BCUT2D eigenvalue weighted by atomic mass is 9.87. The Balaban J connectivity index is 1.65. The Morgan fingerprint density at radius 1 is 1.00 bits per heavy atom. The Morgan fingerprint density at radius 2 is 1.67 bits per heavy atom. The zero-order valence-electron chi connectivity index (χ0n) is 12.1. The van der Waals surface area contributed by atoms with Crippen molar-refractivity contribution in [3.63, 3.8) is 0 Å². The van der Waals surface area contributed by atoms with Crippen LogP contribution < -0.4 is 5.73 Å². The van der Waals surface area contributed by atoms with Crippen LogP contribution in [0.1, 0.15) is 13.3 Å². The number of hydrogen-bond donors (Lipinski definition) is 1. The number of likely N-dealkylation sites (tertiary alicyclic amines) is 1. The lowest BCUT2D eigenvalue weighted by Crippen LogP contribution is -2.49. The van der Waals surface area contributed by atoms with E-state index < -0.39 is 0 Å². The number of hydrogen-bond acceptors (Lipinski definition) is 4. The Kier molecular flexibility index (Phi) is 5.42. The van der Waals surface area contributed by atoms with Crippen molar-refractivity contribution in [3.8, 4) is 0 Å². The fourth-order valence-electron chi connectivity index (χ4n) is 3.19. The minimum atomic E-state index is 0.755. The maximum Gasteiger partial charge on any atom is 0.0110 e. The molecule has 2 aliphatic heterocycles. The molecule has 4 nitrogen and oxygen atoms in total. The molecule has 106 valence electrons. The fraction of sp³-hybridized carbons (Fsp3) is 1.00. The van der Waals surface area contributed by atoms with Crippen LogP contribution in [0, 0.1) is 11.8 Å². The summed E-state index contributed by atoms with van der Waals surface area (Å²) in [6.07, 6.45) is 1.29. The Hall–Kier alpha value is -0.160. The van der Waals surface area contributed by atoms with Crippen LogP contribution in [-0.4, -0.2) is 80.7 Å². The van der Waals surface area contributed by atoms with Crippen LogP contribution in [0.3, 0.4) is 0 Å². The topological polar surface area (TPSA) is 35.7 Å². The van der Waals surface area contributed by atoms with Crippen molar-refractivity contribution in [2.45, 2.75) is 13.3 Å². The van der Waals surface area contributed by atoms with Gasteiger partial charge in [0.1, 0.15) is 0 Å². The summed E-state index contributed by atoms with van der Waals surface area (Å²) in [7, 11) is 2.22. The monoisotopic (exact) mass is 254 g/mol. The predicted octanol–water partition coefficient (Wildman–Crippen LogP) is 0.151. The summed E-state index contributed by atoms with van der Waals surface area (Å²) in [5.74, 6) is 1.53. The zero-order valence-corrected chi connectivity index (χ0v) is 12.1. The highest BCUT2D eigenvalue weighted by Crippen LogP contribution is 2.21. The molecule has 0 amide bonds. The van der Waals surface area contributed by atoms with Crippen LogP contribution in [0.4, 0.5) is 0 Å². The van der Waals surface area contributed by atoms with Gasteiger partial charge >= 0.3 is 0 Å². The second kappa shape index (κ2) is 6.85. The van der Waals surface area contributed by atoms with Gasteiger partial charge in [0.25, 0.3) is 0 Å². The third-order valence-electron chi connectivity index (χ3n) is 4.80. The molecule has 0 saturated carbocycles. The lowest BCUT2D eigenvalue weighted by Gasteiger charge is -2.38. The van der Waals surface area contributed by atoms with Crippen LogP contribution in [0.5, 0.6) is 0 Å². The summed E-state index contributed by atoms with van der Waals surface area (Å²) in [4.78, 5) is 7.67. The van der Waals surface area contributed by atoms with Crippen LogP contribution in [-0.2, 0) is 0 Å². The maximum atomic E-state index is 5.81. The molecule has 0 radical (unpaired) electrons. The van der Waals surface area contributed by atoms with Gasteiger partial charge in [-0.1, -0.05) is 6.92 Å². The minimum Gasteiger partial charge on any atom is -0.330 e. The summed E-state index contributed by atoms with van der Waals surface area (Å²) in [5.41, 5.74) is 5.81. The smallest absolute Gasteiger partial charge is 0.0110 e. The molecule has 0 aromatic carbocycles. The molecule has 0 aromatic heterocycles. The number of piperidine rings is 1. The van der Waals surface area contributed by atoms with Gasteiger partial charge in [0.05, 0.1) is 0 Å². The first-order chi connectivity index (χ1) is 8.69. The van der Waals surface area contributed by atoms with E-state index in [1.807, 2.05) is 0 Å². The second-order valence-corrected chi connectivity index (χ2v) is 6.21. The number of nitrogens with two attached hydrogens (primary N) is 1. The van der Waals surface area contributed by atoms with E-state index in [-0.39, 0.29) is 0 Å². The molecule has 4 heteroatoms. The average Bonchev–Trinajstić information content (AvgIpc) is 2.38. The summed E-state index contributed by atoms with van der Waals surface area (Å²) in [6.45, 7) is 13.1. The van der Waals surface area contributed by atoms with E-state index in [4.69, 9.17) is 5.73 Å². The van der Waals surface area contributed by atoms with Crippen LogP contribution in [0.25, 0.3) is 0 Å². The number of piperazine rings is 1. The van der Waals surface area contributed by atoms with Gasteiger partial charge in [-0.25, -0.2) is 0 Å². The standard InChI is InChI=1S/C14H30N4/c1-13-12-18(4-3-14(13)11-15)10-9-17-7-5-16(2)6-8-17/h13-14H,3-12,15H2,1-2H3. The van der Waals surface area contributed by atoms with Crippen molar-refractivity contribution < 1.29 is 0 Å². The highest BCUT2D eigenvalue weighted by atomic mass is 15.3. The molecule has 2 saturated heterocycles. The van der Waals surface area contributed by atoms with E-state index in [0.29, 0.717) is 0 Å². The summed E-state index contributed by atoms with van der Waals surface area (Å²) < 4.78 is 0. The van der Waals surface area contributed by atoms with E-state index in [2.05, 4.69) is 28.7 Å². The Bertz CT molecular complexity index is 238. The van der Waals surface area contributed by atoms with Crippen LogP contribution >= 0.6 is 0 Å². The third kappa shape index (κ3) is 3.92. The van der Waals surface area contributed by atoms with E-state index >= 15 is 0 Å². The molecular formula is C14H30N4. The third-order valence-corrected chi connectivity index (χ3v) is 4.80. The molecule has 0 aromatic rings. The lowest BCUT2D eigenvalue weighted by molar-refractivity contribution is 0.0991. The molecule has 2 atom stereocenters. The minimum absolute atomic E-state index is 0.755. The van der Waals surface area contributed by atoms with Crippen LogP contribution in [0.2, 0.25) is 0 Å². The first kappa shape index (κ1) is 14.3. The van der Waals surface area contributed by atoms with Crippen molar-refractivity contribution in [1.29, 1.82) is 0 Å². The molecule has 0 aliphatic carbocycles. The molecule has 2 aliphatic rings. The first-order valence-electron chi connectivity index (χ1n) is 7.52. The molecular weight excluding hydrogens is 224 g/mol. The van der Waals surface area contributed by atoms with E-state index in [1.165, 1.54) is 58.8 Å². The number of rotatable bonds is 4. The molecule has 18 heavy (non-hydrogen) atoms. The predicted molar refractivity (Wildman–Crippen MR) is 76.7 cm³/mol. The number of likely N-dealkylation sites (N-methyl/N-ethyl adjacent to an activating group) is 1. The van der Waals surface area contributed by atoms with Gasteiger partial charge in [0, 0.05) is 45.8 Å². The van der Waals surface area contributed by atoms with Gasteiger partial charge in [-0.05, 0) is 38.4 Å². The Morgan fingerprint density at radius 3 is 2.28 bits per heavy atom. The largest absolute Gasteiger partial charge is 0.330 e. The summed E-state index contributed by atoms with van der Waals surface area (Å²) in [6, 6.07) is 0. The van der Waals surface area contributed by atoms with E-state index in [0.717, 1.165) is 18.4 Å². The zero-order chi connectivity index (χ0) is 13.0. The molecule has 0 spiro atoms. The average molecular weight is 254 g/mol. The normalized spacial score (nSPS) is 32.8. The van der Waals surface area contributed by atoms with E-state index in [9.17, 15) is 0 Å². The Labute approximate surface area is 112 Å². The molecule has 2 N–H and O–H groups in total. The summed E-state index contributed by atoms with van der Waals surface area (Å²) in [5, 5.41) is 0. The van der Waals surface area contributed by atoms with Gasteiger partial charge in [0.15, 0.2) is 0 Å². The SMILES string of the molecule is CC1CN(CCN2CCN(C)CC2)CCC1CN. The van der Waals surface area contributed by atoms with Crippen LogP contribution in [0.15, 0.2) is 0 Å². The van der Waals surface area contributed by atoms with Crippen molar-refractivity contribution in [2.24, 2.45) is 17.6 Å². The molecule has 2 rings (SSSR count). The van der Waals surface area contributed by atoms with Crippen molar-refractivity contribution >= 4 is 0 Å². The molecule has 2 heterocycles. The van der Waals surface area contributed by atoms with Crippen molar-refractivity contribution in [1.82, 2.24) is 14.7 Å². The van der Waals surface area contributed by atoms with Gasteiger partial charge in [-0.15, -0.1) is 0 Å². The molecule has 2 unspecified atom stereocenters. The first-order valence-corrected chi connectivity index (χ1v) is 7.52. The summed E-state index contributed by atoms with van der Waals surface area (Å²) >= 11 is 0. The highest BCUT2D eigenvalue weighted by Gasteiger charge is 2.25. The van der Waals surface area contributed by atoms with Crippen molar-refractivity contribution in [3.05, 3.63) is 0 Å². The van der Waals surface area contributed by atoms with Gasteiger partial charge in [-0.3, -0.25) is 4.90 Å². The molecule has 2 fully saturated rings. The number of nitrogens with zero attached hydrogens (tertiary/aromatic N) is 3. The highest BCUT2D eigenvalue weighted by molar-refractivity contribution is 4.79. The molecule has 0 bridgehead atoms. The second-order valence-electron chi connectivity index (χ2n) is 6.21. The van der Waals surface area contributed by atoms with Crippen molar-refractivity contribution in [2.75, 3.05) is 66.0 Å². The van der Waals surface area contributed by atoms with E-state index in [1.54, 1.807) is 0 Å². The van der Waals surface area contributed by atoms with Gasteiger partial charge < -0.3 is 15.5 Å². The van der Waals surface area contributed by atoms with Gasteiger partial charge in [0.2, 0.25) is 0 Å². The fourth-order valence-corrected chi connectivity index (χ4v) is 3.19. The quantitative estimate of drug-likeness (QED) is 0.775. The van der Waals surface area contributed by atoms with Gasteiger partial charge in [-0.2, -0.15) is 0 Å². The maximum absolute atomic E-state index is 5.81.